The van der Waals surface area contributed by atoms with Gasteiger partial charge in [0, 0.05) is 39.7 Å². The second-order valence-electron chi connectivity index (χ2n) is 10.6. The lowest BCUT2D eigenvalue weighted by molar-refractivity contribution is -0.142. The van der Waals surface area contributed by atoms with Gasteiger partial charge in [-0.15, -0.1) is 0 Å². The van der Waals surface area contributed by atoms with Gasteiger partial charge in [-0.25, -0.2) is 4.79 Å². The number of benzene rings is 1. The lowest BCUT2D eigenvalue weighted by Gasteiger charge is -2.42. The molecule has 10 nitrogen and oxygen atoms in total. The predicted octanol–water partition coefficient (Wildman–Crippen LogP) is 4.07. The van der Waals surface area contributed by atoms with Crippen LogP contribution in [0.4, 0.5) is 10.5 Å². The van der Waals surface area contributed by atoms with Crippen LogP contribution in [0.3, 0.4) is 0 Å². The van der Waals surface area contributed by atoms with E-state index < -0.39 is 35.7 Å². The Bertz CT molecular complexity index is 1250. The number of allylic oxidation sites excluding steroid dienone is 2. The summed E-state index contributed by atoms with van der Waals surface area (Å²) in [4.78, 5) is 27.2. The zero-order valence-corrected chi connectivity index (χ0v) is 24.5. The van der Waals surface area contributed by atoms with E-state index in [1.165, 1.54) is 25.2 Å². The summed E-state index contributed by atoms with van der Waals surface area (Å²) >= 11 is 6.63. The van der Waals surface area contributed by atoms with Gasteiger partial charge in [0.1, 0.15) is 34.7 Å². The quantitative estimate of drug-likeness (QED) is 0.517. The van der Waals surface area contributed by atoms with Gasteiger partial charge in [-0.1, -0.05) is 36.8 Å². The number of aliphatic hydroxyl groups is 1. The molecule has 11 heteroatoms. The van der Waals surface area contributed by atoms with Crippen molar-refractivity contribution in [2.24, 2.45) is 5.92 Å². The van der Waals surface area contributed by atoms with Gasteiger partial charge in [-0.05, 0) is 43.2 Å². The first-order chi connectivity index (χ1) is 18.9. The van der Waals surface area contributed by atoms with Gasteiger partial charge in [-0.3, -0.25) is 10.1 Å². The number of rotatable bonds is 3. The molecule has 0 radical (unpaired) electrons. The van der Waals surface area contributed by atoms with Crippen molar-refractivity contribution in [1.29, 1.82) is 0 Å². The summed E-state index contributed by atoms with van der Waals surface area (Å²) in [5, 5.41) is 14.3. The first-order valence-corrected chi connectivity index (χ1v) is 13.4. The van der Waals surface area contributed by atoms with Crippen molar-refractivity contribution in [3.63, 3.8) is 0 Å². The Morgan fingerprint density at radius 2 is 1.93 bits per heavy atom. The number of ether oxygens (including phenoxy) is 5. The van der Waals surface area contributed by atoms with E-state index in [1.807, 2.05) is 26.8 Å². The summed E-state index contributed by atoms with van der Waals surface area (Å²) in [5.74, 6) is -0.217. The number of nitrogens with one attached hydrogen (secondary N) is 1. The predicted molar refractivity (Wildman–Crippen MR) is 149 cm³/mol. The number of methoxy groups -OCH3 is 3. The van der Waals surface area contributed by atoms with Gasteiger partial charge in [0.15, 0.2) is 5.72 Å². The van der Waals surface area contributed by atoms with Crippen LogP contribution in [0.1, 0.15) is 38.9 Å². The van der Waals surface area contributed by atoms with Crippen molar-refractivity contribution in [1.82, 2.24) is 5.32 Å². The number of amides is 2. The summed E-state index contributed by atoms with van der Waals surface area (Å²) in [6.07, 6.45) is 5.27. The average molecular weight is 577 g/mol. The van der Waals surface area contributed by atoms with Crippen molar-refractivity contribution in [3.8, 4) is 5.75 Å². The summed E-state index contributed by atoms with van der Waals surface area (Å²) in [7, 11) is 6.17. The first-order valence-electron chi connectivity index (χ1n) is 13.0. The molecule has 4 rings (SSSR count). The van der Waals surface area contributed by atoms with E-state index >= 15 is 0 Å². The van der Waals surface area contributed by atoms with Crippen molar-refractivity contribution in [3.05, 3.63) is 58.7 Å². The number of likely N-dealkylation sites (N-methyl/N-ethyl adjacent to an activating group) is 1. The molecule has 40 heavy (non-hydrogen) atoms. The zero-order chi connectivity index (χ0) is 29.4. The molecular weight excluding hydrogens is 540 g/mol. The normalized spacial score (nSPS) is 37.4. The molecule has 218 valence electrons. The maximum absolute atomic E-state index is 13.2. The third-order valence-corrected chi connectivity index (χ3v) is 8.25. The highest BCUT2D eigenvalue weighted by molar-refractivity contribution is 6.35. The van der Waals surface area contributed by atoms with Gasteiger partial charge < -0.3 is 33.7 Å². The van der Waals surface area contributed by atoms with E-state index in [4.69, 9.17) is 35.3 Å². The standard InChI is InChI=1S/C29H37ClN2O8/c1-16-9-8-10-22(37-6)29(35)15-21(39-27(34)31-29)17(2)26-28(3,40-26)12-11-23(33)32(4)19-13-18(25(16)38-7)14-20(36-5)24(19)30/h8-14,17,21-22,25-26,35H,15H2,1-7H3,(H,31,34)/b10-8-,12-11-,16-9-. The molecule has 1 aromatic rings. The van der Waals surface area contributed by atoms with E-state index in [9.17, 15) is 14.7 Å². The molecule has 7 unspecified atom stereocenters. The smallest absolute Gasteiger partial charge is 0.409 e. The fraction of sp³-hybridized carbons (Fsp3) is 0.517. The van der Waals surface area contributed by atoms with Crippen molar-refractivity contribution < 1.29 is 38.4 Å². The molecule has 7 atom stereocenters. The molecule has 0 spiro atoms. The Hall–Kier alpha value is -2.89. The molecule has 3 aliphatic heterocycles. The molecule has 2 saturated heterocycles. The van der Waals surface area contributed by atoms with Crippen molar-refractivity contribution in [2.75, 3.05) is 33.3 Å². The minimum Gasteiger partial charge on any atom is -0.495 e. The Morgan fingerprint density at radius 1 is 1.20 bits per heavy atom. The Balaban J connectivity index is 1.81. The number of alkyl carbamates (subject to hydrolysis) is 1. The highest BCUT2D eigenvalue weighted by atomic mass is 35.5. The number of halogens is 1. The highest BCUT2D eigenvalue weighted by Crippen LogP contribution is 2.46. The van der Waals surface area contributed by atoms with Crippen LogP contribution in [0, 0.1) is 5.92 Å². The van der Waals surface area contributed by atoms with Crippen LogP contribution in [0.5, 0.6) is 5.75 Å². The zero-order valence-electron chi connectivity index (χ0n) is 23.8. The molecule has 4 bridgehead atoms. The number of hydrogen-bond donors (Lipinski definition) is 2. The fourth-order valence-corrected chi connectivity index (χ4v) is 5.76. The maximum atomic E-state index is 13.2. The number of nitrogens with zero attached hydrogens (tertiary/aromatic N) is 1. The Morgan fingerprint density at radius 3 is 2.58 bits per heavy atom. The minimum atomic E-state index is -1.72. The number of fused-ring (bicyclic) bond motifs is 5. The largest absolute Gasteiger partial charge is 0.495 e. The van der Waals surface area contributed by atoms with Crippen LogP contribution in [0.15, 0.2) is 48.1 Å². The first kappa shape index (κ1) is 30.1. The SMILES string of the molecule is COc1cc2cc(c1Cl)N(C)C(=O)/C=C\C1(C)OC1C(C)C1CC(O)(NC(=O)O1)C(OC)/C=C\C=C(\C)C2OC. The number of epoxide rings is 1. The second-order valence-corrected chi connectivity index (χ2v) is 11.0. The fourth-order valence-electron chi connectivity index (χ4n) is 5.45. The third kappa shape index (κ3) is 5.77. The molecule has 0 aromatic heterocycles. The van der Waals surface area contributed by atoms with Crippen molar-refractivity contribution >= 4 is 29.3 Å². The number of carbonyl (C=O) groups excluding carboxylic acids is 2. The van der Waals surface area contributed by atoms with E-state index in [0.717, 1.165) is 11.1 Å². The third-order valence-electron chi connectivity index (χ3n) is 7.87. The van der Waals surface area contributed by atoms with Crippen LogP contribution in [-0.4, -0.2) is 75.1 Å². The molecule has 3 aliphatic rings. The topological polar surface area (TPSA) is 119 Å². The van der Waals surface area contributed by atoms with Gasteiger partial charge in [0.05, 0.1) is 18.9 Å². The molecule has 2 fully saturated rings. The molecule has 3 heterocycles. The van der Waals surface area contributed by atoms with Crippen LogP contribution >= 0.6 is 11.6 Å². The molecule has 2 amide bonds. The second kappa shape index (κ2) is 11.5. The van der Waals surface area contributed by atoms with Gasteiger partial charge in [0.25, 0.3) is 5.91 Å². The number of anilines is 1. The monoisotopic (exact) mass is 576 g/mol. The molecule has 1 aromatic carbocycles. The summed E-state index contributed by atoms with van der Waals surface area (Å²) in [6.45, 7) is 5.62. The van der Waals surface area contributed by atoms with E-state index in [-0.39, 0.29) is 29.4 Å². The lowest BCUT2D eigenvalue weighted by atomic mass is 9.85. The Kier molecular flexibility index (Phi) is 8.68. The summed E-state index contributed by atoms with van der Waals surface area (Å²) < 4.78 is 28.4. The highest BCUT2D eigenvalue weighted by Gasteiger charge is 2.58. The van der Waals surface area contributed by atoms with Gasteiger partial charge in [-0.2, -0.15) is 0 Å². The number of carbonyl (C=O) groups is 2. The van der Waals surface area contributed by atoms with Crippen LogP contribution in [0.25, 0.3) is 0 Å². The maximum Gasteiger partial charge on any atom is 0.409 e. The van der Waals surface area contributed by atoms with Crippen LogP contribution in [-0.2, 0) is 23.7 Å². The van der Waals surface area contributed by atoms with Gasteiger partial charge in [0.2, 0.25) is 0 Å². The van der Waals surface area contributed by atoms with E-state index in [2.05, 4.69) is 5.32 Å². The van der Waals surface area contributed by atoms with Crippen molar-refractivity contribution in [2.45, 2.75) is 62.9 Å². The van der Waals surface area contributed by atoms with Gasteiger partial charge >= 0.3 is 6.09 Å². The lowest BCUT2D eigenvalue weighted by Crippen LogP contribution is -2.63. The number of hydrogen-bond acceptors (Lipinski definition) is 8. The molecular formula is C29H37ClN2O8. The minimum absolute atomic E-state index is 0.0671. The molecule has 0 saturated carbocycles. The molecule has 2 N–H and O–H groups in total. The van der Waals surface area contributed by atoms with E-state index in [0.29, 0.717) is 11.4 Å². The average Bonchev–Trinajstić information content (AvgIpc) is 3.60. The van der Waals surface area contributed by atoms with E-state index in [1.54, 1.807) is 44.5 Å². The summed E-state index contributed by atoms with van der Waals surface area (Å²) in [5.41, 5.74) is -0.497. The molecule has 0 aliphatic carbocycles. The summed E-state index contributed by atoms with van der Waals surface area (Å²) in [6, 6.07) is 3.55. The Labute approximate surface area is 239 Å². The van der Waals surface area contributed by atoms with Crippen LogP contribution < -0.4 is 15.0 Å². The van der Waals surface area contributed by atoms with Crippen LogP contribution in [0.2, 0.25) is 5.02 Å².